The first-order valence-corrected chi connectivity index (χ1v) is 10.3. The van der Waals surface area contributed by atoms with E-state index in [0.29, 0.717) is 29.7 Å². The zero-order chi connectivity index (χ0) is 19.9. The zero-order valence-corrected chi connectivity index (χ0v) is 18.8. The molecule has 0 amide bonds. The Balaban J connectivity index is 4.98. The van der Waals surface area contributed by atoms with E-state index in [1.165, 1.54) is 12.8 Å². The lowest BCUT2D eigenvalue weighted by molar-refractivity contribution is -0.172. The third kappa shape index (κ3) is 7.68. The lowest BCUT2D eigenvalue weighted by Crippen LogP contribution is -2.48. The molecule has 3 nitrogen and oxygen atoms in total. The fourth-order valence-corrected chi connectivity index (χ4v) is 3.92. The number of carbonyl (C=O) groups excluding carboxylic acids is 1. The molecular formula is C22H45NO2. The van der Waals surface area contributed by atoms with Gasteiger partial charge in [-0.2, -0.15) is 0 Å². The summed E-state index contributed by atoms with van der Waals surface area (Å²) in [6.45, 7) is 21.7. The third-order valence-electron chi connectivity index (χ3n) is 5.85. The molecule has 25 heavy (non-hydrogen) atoms. The second kappa shape index (κ2) is 10.5. The molecule has 3 heteroatoms. The van der Waals surface area contributed by atoms with Crippen molar-refractivity contribution in [1.29, 1.82) is 0 Å². The van der Waals surface area contributed by atoms with E-state index in [2.05, 4.69) is 60.4 Å². The van der Waals surface area contributed by atoms with Crippen molar-refractivity contribution in [3.8, 4) is 0 Å². The van der Waals surface area contributed by atoms with Crippen molar-refractivity contribution in [2.75, 3.05) is 7.05 Å². The lowest BCUT2D eigenvalue weighted by Gasteiger charge is -2.40. The van der Waals surface area contributed by atoms with Crippen LogP contribution >= 0.6 is 0 Å². The average Bonchev–Trinajstić information content (AvgIpc) is 2.46. The van der Waals surface area contributed by atoms with Gasteiger partial charge in [0.15, 0.2) is 6.23 Å². The van der Waals surface area contributed by atoms with Crippen LogP contribution in [0.3, 0.4) is 0 Å². The molecule has 0 aromatic rings. The summed E-state index contributed by atoms with van der Waals surface area (Å²) in [4.78, 5) is 15.0. The minimum atomic E-state index is -0.443. The number of hydrogen-bond acceptors (Lipinski definition) is 3. The molecule has 150 valence electrons. The molecule has 0 N–H and O–H groups in total. The maximum Gasteiger partial charge on any atom is 0.313 e. The molecular weight excluding hydrogens is 310 g/mol. The smallest absolute Gasteiger partial charge is 0.313 e. The fraction of sp³-hybridized carbons (Fsp3) is 0.955. The Morgan fingerprint density at radius 2 is 1.48 bits per heavy atom. The molecule has 0 bridgehead atoms. The van der Waals surface area contributed by atoms with Crippen molar-refractivity contribution >= 4 is 5.97 Å². The Morgan fingerprint density at radius 3 is 1.88 bits per heavy atom. The molecule has 0 aliphatic heterocycles. The van der Waals surface area contributed by atoms with Crippen molar-refractivity contribution in [3.05, 3.63) is 0 Å². The normalized spacial score (nSPS) is 17.7. The van der Waals surface area contributed by atoms with Crippen LogP contribution in [0.25, 0.3) is 0 Å². The molecule has 0 aliphatic carbocycles. The highest BCUT2D eigenvalue weighted by atomic mass is 16.6. The zero-order valence-electron chi connectivity index (χ0n) is 18.8. The van der Waals surface area contributed by atoms with Gasteiger partial charge in [-0.05, 0) is 64.3 Å². The van der Waals surface area contributed by atoms with Gasteiger partial charge in [-0.3, -0.25) is 9.69 Å². The molecule has 0 aromatic heterocycles. The summed E-state index contributed by atoms with van der Waals surface area (Å²) in [7, 11) is 2.10. The number of esters is 1. The highest BCUT2D eigenvalue weighted by molar-refractivity contribution is 5.76. The Kier molecular flexibility index (Phi) is 10.3. The number of carbonyl (C=O) groups is 1. The van der Waals surface area contributed by atoms with E-state index in [-0.39, 0.29) is 12.2 Å². The molecule has 0 rings (SSSR count). The molecule has 0 spiro atoms. The fourth-order valence-electron chi connectivity index (χ4n) is 3.92. The summed E-state index contributed by atoms with van der Waals surface area (Å²) in [5.41, 5.74) is -0.443. The Labute approximate surface area is 157 Å². The molecule has 0 fully saturated rings. The summed E-state index contributed by atoms with van der Waals surface area (Å²) in [6.07, 6.45) is 3.05. The summed E-state index contributed by atoms with van der Waals surface area (Å²) in [5, 5.41) is 0. The van der Waals surface area contributed by atoms with Gasteiger partial charge in [0, 0.05) is 6.04 Å². The first kappa shape index (κ1) is 24.4. The maximum atomic E-state index is 12.8. The van der Waals surface area contributed by atoms with E-state index in [9.17, 15) is 4.79 Å². The lowest BCUT2D eigenvalue weighted by atomic mass is 9.79. The van der Waals surface area contributed by atoms with Crippen molar-refractivity contribution < 1.29 is 9.53 Å². The summed E-state index contributed by atoms with van der Waals surface area (Å²) in [5.74, 6) is 2.12. The van der Waals surface area contributed by atoms with E-state index >= 15 is 0 Å². The second-order valence-corrected chi connectivity index (χ2v) is 9.48. The van der Waals surface area contributed by atoms with Crippen LogP contribution in [0, 0.1) is 29.1 Å². The Bertz CT molecular complexity index is 389. The Morgan fingerprint density at radius 1 is 0.960 bits per heavy atom. The van der Waals surface area contributed by atoms with Gasteiger partial charge in [-0.1, -0.05) is 54.9 Å². The molecule has 0 aliphatic rings. The largest absolute Gasteiger partial charge is 0.446 e. The van der Waals surface area contributed by atoms with Crippen LogP contribution in [0.5, 0.6) is 0 Å². The molecule has 0 saturated carbocycles. The molecule has 4 atom stereocenters. The predicted octanol–water partition coefficient (Wildman–Crippen LogP) is 5.98. The monoisotopic (exact) mass is 355 g/mol. The van der Waals surface area contributed by atoms with Crippen LogP contribution in [0.4, 0.5) is 0 Å². The third-order valence-corrected chi connectivity index (χ3v) is 5.85. The van der Waals surface area contributed by atoms with Gasteiger partial charge in [0.2, 0.25) is 0 Å². The van der Waals surface area contributed by atoms with Crippen LogP contribution in [-0.2, 0) is 9.53 Å². The maximum absolute atomic E-state index is 12.8. The highest BCUT2D eigenvalue weighted by Crippen LogP contribution is 2.32. The summed E-state index contributed by atoms with van der Waals surface area (Å²) >= 11 is 0. The molecule has 4 unspecified atom stereocenters. The number of rotatable bonds is 11. The van der Waals surface area contributed by atoms with Crippen LogP contribution in [-0.4, -0.2) is 30.2 Å². The van der Waals surface area contributed by atoms with E-state index in [1.807, 2.05) is 20.8 Å². The highest BCUT2D eigenvalue weighted by Gasteiger charge is 2.35. The molecule has 0 heterocycles. The van der Waals surface area contributed by atoms with Gasteiger partial charge in [0.25, 0.3) is 0 Å². The average molecular weight is 356 g/mol. The minimum Gasteiger partial charge on any atom is -0.446 e. The van der Waals surface area contributed by atoms with Crippen molar-refractivity contribution in [2.45, 2.75) is 101 Å². The van der Waals surface area contributed by atoms with Crippen molar-refractivity contribution in [2.24, 2.45) is 29.1 Å². The van der Waals surface area contributed by atoms with Gasteiger partial charge < -0.3 is 4.74 Å². The quantitative estimate of drug-likeness (QED) is 0.337. The summed E-state index contributed by atoms with van der Waals surface area (Å²) in [6, 6.07) is 0.417. The van der Waals surface area contributed by atoms with Gasteiger partial charge in [-0.15, -0.1) is 0 Å². The van der Waals surface area contributed by atoms with E-state index in [4.69, 9.17) is 4.74 Å². The Hall–Kier alpha value is -0.570. The molecule has 0 saturated heterocycles. The van der Waals surface area contributed by atoms with E-state index < -0.39 is 5.41 Å². The van der Waals surface area contributed by atoms with Gasteiger partial charge >= 0.3 is 5.97 Å². The van der Waals surface area contributed by atoms with Crippen LogP contribution in [0.1, 0.15) is 88.5 Å². The molecule has 0 aromatic carbocycles. The topological polar surface area (TPSA) is 29.5 Å². The van der Waals surface area contributed by atoms with Gasteiger partial charge in [0.1, 0.15) is 0 Å². The van der Waals surface area contributed by atoms with E-state index in [0.717, 1.165) is 6.42 Å². The first-order chi connectivity index (χ1) is 11.3. The van der Waals surface area contributed by atoms with E-state index in [1.54, 1.807) is 0 Å². The summed E-state index contributed by atoms with van der Waals surface area (Å²) < 4.78 is 5.90. The van der Waals surface area contributed by atoms with Crippen LogP contribution in [0.15, 0.2) is 0 Å². The van der Waals surface area contributed by atoms with Gasteiger partial charge in [-0.25, -0.2) is 0 Å². The predicted molar refractivity (Wildman–Crippen MR) is 108 cm³/mol. The number of nitrogens with zero attached hydrogens (tertiary/aromatic N) is 1. The minimum absolute atomic E-state index is 0.0787. The SMILES string of the molecule is CCCC(C)C(C(C)C)N(C)C(C)OC(=O)C(C)(C)CC(C)C(C)C. The van der Waals surface area contributed by atoms with Gasteiger partial charge in [0.05, 0.1) is 5.41 Å². The number of ether oxygens (including phenoxy) is 1. The number of hydrogen-bond donors (Lipinski definition) is 0. The first-order valence-electron chi connectivity index (χ1n) is 10.3. The second-order valence-electron chi connectivity index (χ2n) is 9.48. The van der Waals surface area contributed by atoms with Crippen LogP contribution in [0.2, 0.25) is 0 Å². The van der Waals surface area contributed by atoms with Crippen LogP contribution < -0.4 is 0 Å². The standard InChI is InChI=1S/C22H45NO2/c1-12-13-17(6)20(16(4)5)23(11)19(8)25-21(24)22(9,10)14-18(7)15(2)3/h15-20H,12-14H2,1-11H3. The van der Waals surface area contributed by atoms with Crippen molar-refractivity contribution in [3.63, 3.8) is 0 Å². The molecule has 0 radical (unpaired) electrons. The van der Waals surface area contributed by atoms with Crippen molar-refractivity contribution in [1.82, 2.24) is 4.90 Å².